The van der Waals surface area contributed by atoms with Gasteiger partial charge in [0.25, 0.3) is 0 Å². The molecule has 0 fully saturated rings. The van der Waals surface area contributed by atoms with E-state index in [1.807, 2.05) is 13.0 Å². The van der Waals surface area contributed by atoms with E-state index < -0.39 is 17.8 Å². The minimum Gasteiger partial charge on any atom is -0.311 e. The first-order chi connectivity index (χ1) is 9.38. The van der Waals surface area contributed by atoms with Gasteiger partial charge in [-0.3, -0.25) is 0 Å². The van der Waals surface area contributed by atoms with Gasteiger partial charge in [-0.05, 0) is 24.6 Å². The Balaban J connectivity index is 2.82. The van der Waals surface area contributed by atoms with E-state index in [9.17, 15) is 18.0 Å². The highest BCUT2D eigenvalue weighted by molar-refractivity contribution is 5.89. The quantitative estimate of drug-likeness (QED) is 0.861. The van der Waals surface area contributed by atoms with Crippen molar-refractivity contribution in [2.45, 2.75) is 19.5 Å². The maximum absolute atomic E-state index is 12.5. The fraction of sp³-hybridized carbons (Fsp3) is 0.385. The molecule has 1 aromatic carbocycles. The Hall–Kier alpha value is -2.23. The number of benzene rings is 1. The van der Waals surface area contributed by atoms with Gasteiger partial charge in [0.2, 0.25) is 0 Å². The Morgan fingerprint density at radius 3 is 2.70 bits per heavy atom. The fourth-order valence-electron chi connectivity index (χ4n) is 1.58. The molecule has 0 radical (unpaired) electrons. The van der Waals surface area contributed by atoms with E-state index >= 15 is 0 Å². The molecule has 1 N–H and O–H groups in total. The van der Waals surface area contributed by atoms with Crippen molar-refractivity contribution in [3.8, 4) is 6.07 Å². The molecule has 0 saturated heterocycles. The average Bonchev–Trinajstić information content (AvgIpc) is 2.38. The average molecular weight is 285 g/mol. The van der Waals surface area contributed by atoms with Crippen LogP contribution in [-0.4, -0.2) is 24.0 Å². The van der Waals surface area contributed by atoms with Gasteiger partial charge < -0.3 is 10.2 Å². The first-order valence-corrected chi connectivity index (χ1v) is 5.98. The summed E-state index contributed by atoms with van der Waals surface area (Å²) in [6.45, 7) is 2.08. The lowest BCUT2D eigenvalue weighted by atomic mass is 10.2. The van der Waals surface area contributed by atoms with E-state index in [-0.39, 0.29) is 12.2 Å². The van der Waals surface area contributed by atoms with Crippen molar-refractivity contribution in [3.63, 3.8) is 0 Å². The molecule has 0 spiro atoms. The van der Waals surface area contributed by atoms with E-state index in [0.717, 1.165) is 12.1 Å². The third-order valence-electron chi connectivity index (χ3n) is 2.48. The van der Waals surface area contributed by atoms with Crippen molar-refractivity contribution in [1.29, 1.82) is 5.26 Å². The molecule has 0 aliphatic rings. The van der Waals surface area contributed by atoms with Gasteiger partial charge in [-0.25, -0.2) is 4.79 Å². The molecule has 4 nitrogen and oxygen atoms in total. The second-order valence-corrected chi connectivity index (χ2v) is 4.09. The number of nitrogens with one attached hydrogen (secondary N) is 1. The molecule has 0 aliphatic carbocycles. The number of nitrogens with zero attached hydrogens (tertiary/aromatic N) is 2. The second-order valence-electron chi connectivity index (χ2n) is 4.09. The SMILES string of the molecule is CCCN(CC#N)C(=O)Nc1cccc(C(F)(F)F)c1. The first kappa shape index (κ1) is 15.8. The van der Waals surface area contributed by atoms with Gasteiger partial charge in [0.1, 0.15) is 6.54 Å². The molecule has 0 unspecified atom stereocenters. The number of anilines is 1. The normalized spacial score (nSPS) is 10.8. The summed E-state index contributed by atoms with van der Waals surface area (Å²) in [6.07, 6.45) is -3.81. The highest BCUT2D eigenvalue weighted by Crippen LogP contribution is 2.30. The second kappa shape index (κ2) is 6.80. The third kappa shape index (κ3) is 4.46. The molecule has 20 heavy (non-hydrogen) atoms. The van der Waals surface area contributed by atoms with Gasteiger partial charge in [0, 0.05) is 12.2 Å². The molecule has 0 aromatic heterocycles. The van der Waals surface area contributed by atoms with E-state index in [2.05, 4.69) is 5.32 Å². The summed E-state index contributed by atoms with van der Waals surface area (Å²) >= 11 is 0. The van der Waals surface area contributed by atoms with Gasteiger partial charge in [-0.2, -0.15) is 18.4 Å². The van der Waals surface area contributed by atoms with Crippen molar-refractivity contribution in [2.24, 2.45) is 0 Å². The van der Waals surface area contributed by atoms with E-state index in [0.29, 0.717) is 13.0 Å². The summed E-state index contributed by atoms with van der Waals surface area (Å²) < 4.78 is 37.6. The van der Waals surface area contributed by atoms with Crippen LogP contribution in [-0.2, 0) is 6.18 Å². The highest BCUT2D eigenvalue weighted by Gasteiger charge is 2.30. The first-order valence-electron chi connectivity index (χ1n) is 5.98. The Kier molecular flexibility index (Phi) is 5.38. The van der Waals surface area contributed by atoms with Crippen molar-refractivity contribution < 1.29 is 18.0 Å². The molecule has 0 heterocycles. The predicted molar refractivity (Wildman–Crippen MR) is 67.9 cm³/mol. The van der Waals surface area contributed by atoms with E-state index in [1.165, 1.54) is 17.0 Å². The molecule has 2 amide bonds. The van der Waals surface area contributed by atoms with Crippen molar-refractivity contribution in [1.82, 2.24) is 4.90 Å². The topological polar surface area (TPSA) is 56.1 Å². The van der Waals surface area contributed by atoms with E-state index in [4.69, 9.17) is 5.26 Å². The lowest BCUT2D eigenvalue weighted by Crippen LogP contribution is -2.35. The van der Waals surface area contributed by atoms with Crippen molar-refractivity contribution in [2.75, 3.05) is 18.4 Å². The molecular formula is C13H14F3N3O. The molecule has 7 heteroatoms. The molecular weight excluding hydrogens is 271 g/mol. The maximum Gasteiger partial charge on any atom is 0.416 e. The van der Waals surface area contributed by atoms with Gasteiger partial charge in [-0.1, -0.05) is 13.0 Å². The van der Waals surface area contributed by atoms with Crippen LogP contribution < -0.4 is 5.32 Å². The van der Waals surface area contributed by atoms with Gasteiger partial charge in [-0.15, -0.1) is 0 Å². The zero-order valence-corrected chi connectivity index (χ0v) is 10.9. The number of amides is 2. The Morgan fingerprint density at radius 1 is 1.45 bits per heavy atom. The molecule has 1 rings (SSSR count). The molecule has 108 valence electrons. The number of urea groups is 1. The molecule has 0 aliphatic heterocycles. The third-order valence-corrected chi connectivity index (χ3v) is 2.48. The lowest BCUT2D eigenvalue weighted by molar-refractivity contribution is -0.137. The number of nitriles is 1. The van der Waals surface area contributed by atoms with Crippen molar-refractivity contribution in [3.05, 3.63) is 29.8 Å². The minimum absolute atomic E-state index is 0.0452. The minimum atomic E-state index is -4.46. The number of hydrogen-bond donors (Lipinski definition) is 1. The maximum atomic E-state index is 12.5. The summed E-state index contributed by atoms with van der Waals surface area (Å²) in [5, 5.41) is 11.0. The predicted octanol–water partition coefficient (Wildman–Crippen LogP) is 3.47. The van der Waals surface area contributed by atoms with Crippen LogP contribution in [0.4, 0.5) is 23.7 Å². The van der Waals surface area contributed by atoms with Crippen LogP contribution in [0.2, 0.25) is 0 Å². The Bertz CT molecular complexity index is 508. The van der Waals surface area contributed by atoms with Gasteiger partial charge in [0.05, 0.1) is 11.6 Å². The number of halogens is 3. The summed E-state index contributed by atoms with van der Waals surface area (Å²) in [5.74, 6) is 0. The van der Waals surface area contributed by atoms with Gasteiger partial charge >= 0.3 is 12.2 Å². The Morgan fingerprint density at radius 2 is 2.15 bits per heavy atom. The summed E-state index contributed by atoms with van der Waals surface area (Å²) in [7, 11) is 0. The summed E-state index contributed by atoms with van der Waals surface area (Å²) in [4.78, 5) is 13.1. The van der Waals surface area contributed by atoms with Crippen LogP contribution in [0.25, 0.3) is 0 Å². The summed E-state index contributed by atoms with van der Waals surface area (Å²) in [5.41, 5.74) is -0.790. The standard InChI is InChI=1S/C13H14F3N3O/c1-2-7-19(8-6-17)12(20)18-11-5-3-4-10(9-11)13(14,15)16/h3-5,9H,2,7-8H2,1H3,(H,18,20). The highest BCUT2D eigenvalue weighted by atomic mass is 19.4. The van der Waals surface area contributed by atoms with Crippen molar-refractivity contribution >= 4 is 11.7 Å². The molecule has 1 aromatic rings. The Labute approximate surface area is 114 Å². The van der Waals surface area contributed by atoms with Crippen LogP contribution in [0.15, 0.2) is 24.3 Å². The summed E-state index contributed by atoms with van der Waals surface area (Å²) in [6, 6.07) is 5.61. The smallest absolute Gasteiger partial charge is 0.311 e. The van der Waals surface area contributed by atoms with Crippen LogP contribution >= 0.6 is 0 Å². The fourth-order valence-corrected chi connectivity index (χ4v) is 1.58. The largest absolute Gasteiger partial charge is 0.416 e. The van der Waals surface area contributed by atoms with E-state index in [1.54, 1.807) is 0 Å². The van der Waals surface area contributed by atoms with Crippen LogP contribution in [0, 0.1) is 11.3 Å². The number of rotatable bonds is 4. The monoisotopic (exact) mass is 285 g/mol. The lowest BCUT2D eigenvalue weighted by Gasteiger charge is -2.19. The zero-order chi connectivity index (χ0) is 15.2. The molecule has 0 atom stereocenters. The zero-order valence-electron chi connectivity index (χ0n) is 10.9. The van der Waals surface area contributed by atoms with Crippen LogP contribution in [0.3, 0.4) is 0 Å². The number of carbonyl (C=O) groups excluding carboxylic acids is 1. The van der Waals surface area contributed by atoms with Gasteiger partial charge in [0.15, 0.2) is 0 Å². The van der Waals surface area contributed by atoms with Crippen LogP contribution in [0.5, 0.6) is 0 Å². The number of alkyl halides is 3. The number of hydrogen-bond acceptors (Lipinski definition) is 2. The number of carbonyl (C=O) groups is 1. The van der Waals surface area contributed by atoms with Crippen LogP contribution in [0.1, 0.15) is 18.9 Å². The molecule has 0 saturated carbocycles. The molecule has 0 bridgehead atoms.